The van der Waals surface area contributed by atoms with Crippen LogP contribution in [0.25, 0.3) is 10.8 Å². The normalized spacial score (nSPS) is 18.5. The number of nitrogens with one attached hydrogen (secondary N) is 2. The molecule has 0 aromatic heterocycles. The first-order valence-electron chi connectivity index (χ1n) is 16.8. The highest BCUT2D eigenvalue weighted by Gasteiger charge is 2.33. The van der Waals surface area contributed by atoms with Crippen molar-refractivity contribution in [2.75, 3.05) is 13.6 Å². The Labute approximate surface area is 282 Å². The SMILES string of the molecule is C[C@H](c1ccc2ccccc2c1)N(C)C[C@@H]1C[C@H](c2ccc(CO)cc2)O[C@H](c2ccc(CNC(=O)CCCCCC(=O)NO)cc2)O1. The van der Waals surface area contributed by atoms with Crippen molar-refractivity contribution in [3.63, 3.8) is 0 Å². The summed E-state index contributed by atoms with van der Waals surface area (Å²) in [5.74, 6) is -0.446. The molecule has 9 heteroatoms. The molecule has 0 saturated carbocycles. The molecule has 1 heterocycles. The number of hydrogen-bond acceptors (Lipinski definition) is 7. The minimum atomic E-state index is -0.563. The van der Waals surface area contributed by atoms with E-state index in [9.17, 15) is 14.7 Å². The zero-order chi connectivity index (χ0) is 33.9. The maximum absolute atomic E-state index is 12.3. The van der Waals surface area contributed by atoms with E-state index in [1.807, 2.05) is 48.5 Å². The highest BCUT2D eigenvalue weighted by Crippen LogP contribution is 2.39. The number of aliphatic hydroxyl groups is 1. The molecular weight excluding hydrogens is 606 g/mol. The fourth-order valence-electron chi connectivity index (χ4n) is 6.12. The average Bonchev–Trinajstić information content (AvgIpc) is 3.13. The number of likely N-dealkylation sites (N-methyl/N-ethyl adjacent to an activating group) is 1. The average molecular weight is 654 g/mol. The summed E-state index contributed by atoms with van der Waals surface area (Å²) in [6.07, 6.45) is 2.55. The smallest absolute Gasteiger partial charge is 0.243 e. The maximum atomic E-state index is 12.3. The zero-order valence-corrected chi connectivity index (χ0v) is 27.8. The van der Waals surface area contributed by atoms with Gasteiger partial charge in [-0.1, -0.05) is 91.3 Å². The quantitative estimate of drug-likeness (QED) is 0.0645. The number of rotatable bonds is 15. The van der Waals surface area contributed by atoms with Gasteiger partial charge in [0, 0.05) is 44.0 Å². The van der Waals surface area contributed by atoms with Crippen molar-refractivity contribution in [3.8, 4) is 0 Å². The number of nitrogens with zero attached hydrogens (tertiary/aromatic N) is 1. The molecule has 4 N–H and O–H groups in total. The Morgan fingerprint density at radius 2 is 1.50 bits per heavy atom. The lowest BCUT2D eigenvalue weighted by Gasteiger charge is -2.39. The van der Waals surface area contributed by atoms with E-state index in [1.165, 1.54) is 16.3 Å². The van der Waals surface area contributed by atoms with Gasteiger partial charge >= 0.3 is 0 Å². The predicted octanol–water partition coefficient (Wildman–Crippen LogP) is 6.64. The molecule has 1 aliphatic heterocycles. The van der Waals surface area contributed by atoms with Crippen molar-refractivity contribution in [1.82, 2.24) is 15.7 Å². The number of carbonyl (C=O) groups excluding carboxylic acids is 2. The van der Waals surface area contributed by atoms with Crippen molar-refractivity contribution < 1.29 is 29.4 Å². The molecule has 1 saturated heterocycles. The van der Waals surface area contributed by atoms with Gasteiger partial charge in [0.05, 0.1) is 18.8 Å². The molecule has 5 rings (SSSR count). The summed E-state index contributed by atoms with van der Waals surface area (Å²) in [7, 11) is 2.14. The van der Waals surface area contributed by atoms with Crippen molar-refractivity contribution >= 4 is 22.6 Å². The molecule has 2 amide bonds. The molecule has 4 atom stereocenters. The van der Waals surface area contributed by atoms with E-state index < -0.39 is 12.2 Å². The van der Waals surface area contributed by atoms with Crippen molar-refractivity contribution in [2.45, 2.75) is 83.1 Å². The van der Waals surface area contributed by atoms with E-state index >= 15 is 0 Å². The minimum absolute atomic E-state index is 0.00404. The Hall–Kier alpha value is -4.12. The third-order valence-corrected chi connectivity index (χ3v) is 9.20. The molecule has 4 aromatic rings. The van der Waals surface area contributed by atoms with E-state index in [-0.39, 0.29) is 37.2 Å². The highest BCUT2D eigenvalue weighted by atomic mass is 16.7. The van der Waals surface area contributed by atoms with Gasteiger partial charge in [0.1, 0.15) is 0 Å². The molecule has 0 unspecified atom stereocenters. The second-order valence-electron chi connectivity index (χ2n) is 12.7. The van der Waals surface area contributed by atoms with Crippen LogP contribution < -0.4 is 10.8 Å². The molecule has 48 heavy (non-hydrogen) atoms. The summed E-state index contributed by atoms with van der Waals surface area (Å²) in [6.45, 7) is 3.36. The Kier molecular flexibility index (Phi) is 12.7. The molecule has 254 valence electrons. The topological polar surface area (TPSA) is 120 Å². The number of aliphatic hydroxyl groups excluding tert-OH is 1. The van der Waals surface area contributed by atoms with Crippen molar-refractivity contribution in [1.29, 1.82) is 0 Å². The Bertz CT molecular complexity index is 1630. The largest absolute Gasteiger partial charge is 0.392 e. The molecule has 9 nitrogen and oxygen atoms in total. The maximum Gasteiger partial charge on any atom is 0.243 e. The Morgan fingerprint density at radius 3 is 2.21 bits per heavy atom. The summed E-state index contributed by atoms with van der Waals surface area (Å²) in [5.41, 5.74) is 6.66. The lowest BCUT2D eigenvalue weighted by Crippen LogP contribution is -2.38. The van der Waals surface area contributed by atoms with Gasteiger partial charge in [-0.05, 0) is 65.9 Å². The van der Waals surface area contributed by atoms with Gasteiger partial charge in [-0.15, -0.1) is 0 Å². The van der Waals surface area contributed by atoms with E-state index in [1.54, 1.807) is 5.48 Å². The third-order valence-electron chi connectivity index (χ3n) is 9.20. The van der Waals surface area contributed by atoms with Crippen LogP contribution in [0.5, 0.6) is 0 Å². The molecule has 0 aliphatic carbocycles. The number of carbonyl (C=O) groups is 2. The standard InChI is InChI=1S/C39H47N3O6/c1-27(33-21-20-30-8-6-7-9-34(30)22-33)42(2)25-35-23-36(31-16-14-29(26-43)15-17-31)48-39(47-35)32-18-12-28(13-19-32)24-40-37(44)10-4-3-5-11-38(45)41-46/h6-9,12-22,27,35-36,39,43,46H,3-5,10-11,23-26H2,1-2H3,(H,40,44)(H,41,45)/t27-,35+,36-,39-/m1/s1. The number of benzene rings is 4. The lowest BCUT2D eigenvalue weighted by molar-refractivity contribution is -0.253. The molecular formula is C39H47N3O6. The molecule has 1 fully saturated rings. The second kappa shape index (κ2) is 17.3. The summed E-state index contributed by atoms with van der Waals surface area (Å²) in [4.78, 5) is 25.8. The van der Waals surface area contributed by atoms with Crippen LogP contribution in [0, 0.1) is 0 Å². The molecule has 4 aromatic carbocycles. The Balaban J connectivity index is 1.21. The number of hydrogen-bond donors (Lipinski definition) is 4. The van der Waals surface area contributed by atoms with Crippen LogP contribution in [-0.2, 0) is 32.2 Å². The number of fused-ring (bicyclic) bond motifs is 1. The molecule has 0 radical (unpaired) electrons. The monoisotopic (exact) mass is 653 g/mol. The number of unbranched alkanes of at least 4 members (excludes halogenated alkanes) is 2. The van der Waals surface area contributed by atoms with Gasteiger partial charge in [0.2, 0.25) is 11.8 Å². The van der Waals surface area contributed by atoms with Gasteiger partial charge in [0.25, 0.3) is 0 Å². The Morgan fingerprint density at radius 1 is 0.833 bits per heavy atom. The van der Waals surface area contributed by atoms with Crippen LogP contribution in [0.3, 0.4) is 0 Å². The van der Waals surface area contributed by atoms with Crippen LogP contribution in [0.15, 0.2) is 91.0 Å². The fraction of sp³-hybridized carbons (Fsp3) is 0.385. The summed E-state index contributed by atoms with van der Waals surface area (Å²) < 4.78 is 13.2. The number of amides is 2. The first-order valence-corrected chi connectivity index (χ1v) is 16.8. The number of ether oxygens (including phenoxy) is 2. The number of hydroxylamine groups is 1. The van der Waals surface area contributed by atoms with Crippen molar-refractivity contribution in [2.24, 2.45) is 0 Å². The van der Waals surface area contributed by atoms with Crippen LogP contribution in [0.2, 0.25) is 0 Å². The predicted molar refractivity (Wildman–Crippen MR) is 185 cm³/mol. The van der Waals surface area contributed by atoms with Gasteiger partial charge < -0.3 is 19.9 Å². The zero-order valence-electron chi connectivity index (χ0n) is 27.8. The third kappa shape index (κ3) is 9.71. The summed E-state index contributed by atoms with van der Waals surface area (Å²) in [5, 5.41) is 23.5. The van der Waals surface area contributed by atoms with E-state index in [0.717, 1.165) is 35.2 Å². The molecule has 1 aliphatic rings. The molecule has 0 spiro atoms. The molecule has 0 bridgehead atoms. The lowest BCUT2D eigenvalue weighted by atomic mass is 9.98. The van der Waals surface area contributed by atoms with Crippen LogP contribution in [0.4, 0.5) is 0 Å². The van der Waals surface area contributed by atoms with Crippen molar-refractivity contribution in [3.05, 3.63) is 119 Å². The van der Waals surface area contributed by atoms with Gasteiger partial charge in [-0.3, -0.25) is 19.7 Å². The first-order chi connectivity index (χ1) is 23.3. The first kappa shape index (κ1) is 35.2. The van der Waals surface area contributed by atoms with Gasteiger partial charge in [-0.2, -0.15) is 0 Å². The van der Waals surface area contributed by atoms with E-state index in [0.29, 0.717) is 32.2 Å². The summed E-state index contributed by atoms with van der Waals surface area (Å²) >= 11 is 0. The van der Waals surface area contributed by atoms with Crippen LogP contribution in [0.1, 0.15) is 91.7 Å². The van der Waals surface area contributed by atoms with Gasteiger partial charge in [0.15, 0.2) is 6.29 Å². The highest BCUT2D eigenvalue weighted by molar-refractivity contribution is 5.83. The second-order valence-corrected chi connectivity index (χ2v) is 12.7. The van der Waals surface area contributed by atoms with Crippen LogP contribution >= 0.6 is 0 Å². The fourth-order valence-corrected chi connectivity index (χ4v) is 6.12. The summed E-state index contributed by atoms with van der Waals surface area (Å²) in [6, 6.07) is 31.1. The van der Waals surface area contributed by atoms with E-state index in [2.05, 4.69) is 66.7 Å². The van der Waals surface area contributed by atoms with E-state index in [4.69, 9.17) is 14.7 Å². The van der Waals surface area contributed by atoms with Crippen LogP contribution in [-0.4, -0.2) is 46.7 Å². The minimum Gasteiger partial charge on any atom is -0.392 e. The van der Waals surface area contributed by atoms with Gasteiger partial charge in [-0.25, -0.2) is 5.48 Å².